The molecule has 0 unspecified atom stereocenters. The van der Waals surface area contributed by atoms with E-state index in [9.17, 15) is 9.59 Å². The Kier molecular flexibility index (Phi) is 4.31. The highest BCUT2D eigenvalue weighted by Gasteiger charge is 2.51. The second-order valence-electron chi connectivity index (χ2n) is 5.40. The monoisotopic (exact) mass is 288 g/mol. The highest BCUT2D eigenvalue weighted by atomic mass is 16.8. The first kappa shape index (κ1) is 15.2. The smallest absolute Gasteiger partial charge is 0.303 e. The summed E-state index contributed by atoms with van der Waals surface area (Å²) in [6.07, 6.45) is -1.23. The van der Waals surface area contributed by atoms with Gasteiger partial charge in [0.15, 0.2) is 18.2 Å². The van der Waals surface area contributed by atoms with Crippen LogP contribution in [0, 0.1) is 0 Å². The summed E-state index contributed by atoms with van der Waals surface area (Å²) in [6.45, 7) is 6.18. The van der Waals surface area contributed by atoms with E-state index in [4.69, 9.17) is 23.7 Å². The highest BCUT2D eigenvalue weighted by molar-refractivity contribution is 5.67. The maximum absolute atomic E-state index is 11.1. The van der Waals surface area contributed by atoms with Crippen molar-refractivity contribution in [3.63, 3.8) is 0 Å². The van der Waals surface area contributed by atoms with Crippen LogP contribution in [0.2, 0.25) is 0 Å². The Morgan fingerprint density at radius 1 is 1.25 bits per heavy atom. The summed E-state index contributed by atoms with van der Waals surface area (Å²) in [7, 11) is 0. The van der Waals surface area contributed by atoms with E-state index in [-0.39, 0.29) is 12.7 Å². The van der Waals surface area contributed by atoms with E-state index < -0.39 is 36.2 Å². The first-order valence-corrected chi connectivity index (χ1v) is 6.58. The van der Waals surface area contributed by atoms with E-state index in [1.54, 1.807) is 0 Å². The van der Waals surface area contributed by atoms with Gasteiger partial charge in [-0.25, -0.2) is 0 Å². The molecule has 7 nitrogen and oxygen atoms in total. The summed E-state index contributed by atoms with van der Waals surface area (Å²) in [6, 6.07) is 0. The minimum absolute atomic E-state index is 0.0393. The number of esters is 2. The summed E-state index contributed by atoms with van der Waals surface area (Å²) < 4.78 is 27.0. The third kappa shape index (κ3) is 3.68. The largest absolute Gasteiger partial charge is 0.462 e. The fourth-order valence-electron chi connectivity index (χ4n) is 2.40. The zero-order valence-electron chi connectivity index (χ0n) is 12.1. The molecule has 0 aromatic carbocycles. The molecule has 2 aliphatic rings. The molecular formula is C13H20O7. The fraction of sp³-hybridized carbons (Fsp3) is 0.846. The lowest BCUT2D eigenvalue weighted by atomic mass is 10.1. The quantitative estimate of drug-likeness (QED) is 0.706. The summed E-state index contributed by atoms with van der Waals surface area (Å²) in [5, 5.41) is 0. The Morgan fingerprint density at radius 2 is 1.95 bits per heavy atom. The van der Waals surface area contributed by atoms with Crippen molar-refractivity contribution in [3.05, 3.63) is 0 Å². The van der Waals surface area contributed by atoms with Crippen LogP contribution < -0.4 is 0 Å². The van der Waals surface area contributed by atoms with Gasteiger partial charge in [-0.15, -0.1) is 0 Å². The van der Waals surface area contributed by atoms with Crippen molar-refractivity contribution < 1.29 is 33.3 Å². The number of hydrogen-bond donors (Lipinski definition) is 0. The van der Waals surface area contributed by atoms with Crippen molar-refractivity contribution in [2.24, 2.45) is 0 Å². The van der Waals surface area contributed by atoms with Crippen molar-refractivity contribution in [1.82, 2.24) is 0 Å². The number of ether oxygens (including phenoxy) is 5. The molecule has 20 heavy (non-hydrogen) atoms. The van der Waals surface area contributed by atoms with Gasteiger partial charge in [-0.2, -0.15) is 0 Å². The molecule has 2 heterocycles. The Hall–Kier alpha value is -1.18. The summed E-state index contributed by atoms with van der Waals surface area (Å²) in [5.41, 5.74) is 0. The molecule has 0 N–H and O–H groups in total. The molecule has 0 saturated carbocycles. The van der Waals surface area contributed by atoms with E-state index in [2.05, 4.69) is 0 Å². The topological polar surface area (TPSA) is 80.3 Å². The van der Waals surface area contributed by atoms with Crippen LogP contribution in [0.1, 0.15) is 34.1 Å². The molecule has 0 radical (unpaired) electrons. The van der Waals surface area contributed by atoms with E-state index >= 15 is 0 Å². The Morgan fingerprint density at radius 3 is 2.50 bits per heavy atom. The Labute approximate surface area is 117 Å². The van der Waals surface area contributed by atoms with Crippen LogP contribution in [-0.4, -0.2) is 48.9 Å². The van der Waals surface area contributed by atoms with Gasteiger partial charge < -0.3 is 23.7 Å². The average molecular weight is 288 g/mol. The minimum atomic E-state index is -0.673. The number of carbonyl (C=O) groups excluding carboxylic acids is 2. The van der Waals surface area contributed by atoms with Crippen LogP contribution in [0.15, 0.2) is 0 Å². The minimum Gasteiger partial charge on any atom is -0.462 e. The molecule has 114 valence electrons. The molecule has 0 aromatic rings. The van der Waals surface area contributed by atoms with Gasteiger partial charge in [0.25, 0.3) is 0 Å². The molecule has 2 rings (SSSR count). The zero-order valence-corrected chi connectivity index (χ0v) is 12.1. The maximum atomic E-state index is 11.1. The van der Waals surface area contributed by atoms with Gasteiger partial charge in [0.2, 0.25) is 0 Å². The third-order valence-electron chi connectivity index (χ3n) is 3.10. The fourth-order valence-corrected chi connectivity index (χ4v) is 2.40. The van der Waals surface area contributed by atoms with Gasteiger partial charge in [-0.3, -0.25) is 9.59 Å². The lowest BCUT2D eigenvalue weighted by Gasteiger charge is -2.25. The molecule has 2 aliphatic heterocycles. The van der Waals surface area contributed by atoms with E-state index in [1.165, 1.54) is 13.8 Å². The lowest BCUT2D eigenvalue weighted by Crippen LogP contribution is -2.37. The molecule has 7 heteroatoms. The van der Waals surface area contributed by atoms with Crippen LogP contribution in [0.4, 0.5) is 0 Å². The second-order valence-corrected chi connectivity index (χ2v) is 5.40. The second kappa shape index (κ2) is 5.67. The highest BCUT2D eigenvalue weighted by Crippen LogP contribution is 2.38. The average Bonchev–Trinajstić information content (AvgIpc) is 2.76. The normalized spacial score (nSPS) is 32.5. The predicted molar refractivity (Wildman–Crippen MR) is 65.5 cm³/mol. The molecule has 0 spiro atoms. The number of hydrogen-bond acceptors (Lipinski definition) is 7. The van der Waals surface area contributed by atoms with Crippen molar-refractivity contribution in [3.8, 4) is 0 Å². The summed E-state index contributed by atoms with van der Waals surface area (Å²) >= 11 is 0. The maximum Gasteiger partial charge on any atom is 0.303 e. The molecular weight excluding hydrogens is 268 g/mol. The van der Waals surface area contributed by atoms with Crippen molar-refractivity contribution in [1.29, 1.82) is 0 Å². The predicted octanol–water partition coefficient (Wildman–Crippen LogP) is 0.748. The molecule has 0 aliphatic carbocycles. The standard InChI is InChI=1S/C13H20O7/c1-7(14)16-6-11(17-8(2)15)9-5-10-12(18-9)20-13(3,4)19-10/h9-12H,5-6H2,1-4H3/t9-,10+,11-,12+/m0/s1. The van der Waals surface area contributed by atoms with Gasteiger partial charge in [0.1, 0.15) is 18.8 Å². The van der Waals surface area contributed by atoms with Gasteiger partial charge in [0, 0.05) is 20.3 Å². The number of carbonyl (C=O) groups is 2. The molecule has 2 saturated heterocycles. The summed E-state index contributed by atoms with van der Waals surface area (Å²) in [5.74, 6) is -1.56. The van der Waals surface area contributed by atoms with Crippen molar-refractivity contribution in [2.45, 2.75) is 64.5 Å². The van der Waals surface area contributed by atoms with Crippen LogP contribution >= 0.6 is 0 Å². The molecule has 0 aromatic heterocycles. The number of rotatable bonds is 4. The number of fused-ring (bicyclic) bond motifs is 1. The third-order valence-corrected chi connectivity index (χ3v) is 3.10. The van der Waals surface area contributed by atoms with E-state index in [0.29, 0.717) is 6.42 Å². The zero-order chi connectivity index (χ0) is 14.9. The van der Waals surface area contributed by atoms with Gasteiger partial charge >= 0.3 is 11.9 Å². The molecule has 4 atom stereocenters. The van der Waals surface area contributed by atoms with Crippen LogP contribution in [0.5, 0.6) is 0 Å². The van der Waals surface area contributed by atoms with Crippen LogP contribution in [0.25, 0.3) is 0 Å². The van der Waals surface area contributed by atoms with Gasteiger partial charge in [-0.1, -0.05) is 0 Å². The van der Waals surface area contributed by atoms with Crippen molar-refractivity contribution >= 4 is 11.9 Å². The van der Waals surface area contributed by atoms with Crippen LogP contribution in [0.3, 0.4) is 0 Å². The summed E-state index contributed by atoms with van der Waals surface area (Å²) in [4.78, 5) is 22.0. The first-order valence-electron chi connectivity index (χ1n) is 6.58. The van der Waals surface area contributed by atoms with E-state index in [1.807, 2.05) is 13.8 Å². The van der Waals surface area contributed by atoms with E-state index in [0.717, 1.165) is 0 Å². The van der Waals surface area contributed by atoms with Crippen molar-refractivity contribution in [2.75, 3.05) is 6.61 Å². The Balaban J connectivity index is 1.94. The molecule has 0 bridgehead atoms. The van der Waals surface area contributed by atoms with Gasteiger partial charge in [0.05, 0.1) is 0 Å². The first-order chi connectivity index (χ1) is 9.27. The van der Waals surface area contributed by atoms with Gasteiger partial charge in [-0.05, 0) is 13.8 Å². The van der Waals surface area contributed by atoms with Crippen LogP contribution in [-0.2, 0) is 33.3 Å². The molecule has 0 amide bonds. The lowest BCUT2D eigenvalue weighted by molar-refractivity contribution is -0.220. The Bertz CT molecular complexity index is 376. The SMILES string of the molecule is CC(=O)OC[C@H](OC(C)=O)[C@@H]1C[C@H]2OC(C)(C)O[C@H]2O1. The molecule has 2 fully saturated rings.